The van der Waals surface area contributed by atoms with Crippen molar-refractivity contribution in [2.75, 3.05) is 25.6 Å². The molecule has 0 atom stereocenters. The number of hydrogen-bond donors (Lipinski definition) is 1. The maximum absolute atomic E-state index is 11.7. The highest BCUT2D eigenvalue weighted by Gasteiger charge is 2.13. The smallest absolute Gasteiger partial charge is 0.404 e. The number of ether oxygens (including phenoxy) is 1. The number of nitrogens with two attached hydrogens (primary N) is 1. The van der Waals surface area contributed by atoms with Crippen molar-refractivity contribution in [3.8, 4) is 6.07 Å². The summed E-state index contributed by atoms with van der Waals surface area (Å²) in [5.41, 5.74) is 6.14. The van der Waals surface area contributed by atoms with E-state index in [9.17, 15) is 9.59 Å². The first-order chi connectivity index (χ1) is 10.5. The minimum atomic E-state index is -0.892. The lowest BCUT2D eigenvalue weighted by molar-refractivity contribution is -0.129. The van der Waals surface area contributed by atoms with Gasteiger partial charge in [0.1, 0.15) is 18.6 Å². The molecule has 22 heavy (non-hydrogen) atoms. The molecule has 1 rings (SSSR count). The number of carbonyl (C=O) groups excluding carboxylic acids is 2. The first kappa shape index (κ1) is 18.1. The van der Waals surface area contributed by atoms with Crippen LogP contribution in [-0.2, 0) is 16.0 Å². The molecule has 0 aromatic heterocycles. The molecule has 0 unspecified atom stereocenters. The number of rotatable bonds is 7. The molecule has 0 saturated carbocycles. The summed E-state index contributed by atoms with van der Waals surface area (Å²) in [6, 6.07) is 7.06. The quantitative estimate of drug-likeness (QED) is 0.764. The van der Waals surface area contributed by atoms with Crippen LogP contribution in [0.3, 0.4) is 0 Å². The normalized spacial score (nSPS) is 9.86. The van der Waals surface area contributed by atoms with Crippen LogP contribution in [0.4, 0.5) is 4.79 Å². The Hall–Kier alpha value is -1.97. The largest absolute Gasteiger partial charge is 0.448 e. The van der Waals surface area contributed by atoms with Gasteiger partial charge in [-0.15, -0.1) is 11.6 Å². The Morgan fingerprint density at radius 1 is 1.36 bits per heavy atom. The Kier molecular flexibility index (Phi) is 7.50. The monoisotopic (exact) mass is 343 g/mol. The molecular weight excluding hydrogens is 329 g/mol. The lowest BCUT2D eigenvalue weighted by Crippen LogP contribution is -2.37. The fourth-order valence-electron chi connectivity index (χ4n) is 1.77. The topological polar surface area (TPSA) is 96.4 Å². The van der Waals surface area contributed by atoms with E-state index < -0.39 is 6.09 Å². The molecule has 0 aliphatic heterocycles. The van der Waals surface area contributed by atoms with Gasteiger partial charge in [0.05, 0.1) is 17.1 Å². The first-order valence-corrected chi connectivity index (χ1v) is 7.33. The van der Waals surface area contributed by atoms with Crippen LogP contribution < -0.4 is 5.73 Å². The van der Waals surface area contributed by atoms with Crippen LogP contribution in [0.1, 0.15) is 11.1 Å². The number of benzene rings is 1. The molecule has 118 valence electrons. The molecule has 0 spiro atoms. The summed E-state index contributed by atoms with van der Waals surface area (Å²) in [6.07, 6.45) is -0.359. The second-order valence-corrected chi connectivity index (χ2v) is 5.03. The predicted octanol–water partition coefficient (Wildman–Crippen LogP) is 1.92. The fraction of sp³-hybridized carbons (Fsp3) is 0.357. The van der Waals surface area contributed by atoms with Gasteiger partial charge in [-0.1, -0.05) is 17.7 Å². The zero-order chi connectivity index (χ0) is 16.5. The van der Waals surface area contributed by atoms with Crippen molar-refractivity contribution in [3.63, 3.8) is 0 Å². The van der Waals surface area contributed by atoms with Gasteiger partial charge < -0.3 is 15.4 Å². The average Bonchev–Trinajstić information content (AvgIpc) is 2.49. The minimum Gasteiger partial charge on any atom is -0.448 e. The molecule has 1 aromatic carbocycles. The van der Waals surface area contributed by atoms with Gasteiger partial charge in [-0.05, 0) is 24.1 Å². The Bertz CT molecular complexity index is 587. The maximum Gasteiger partial charge on any atom is 0.404 e. The van der Waals surface area contributed by atoms with Crippen molar-refractivity contribution in [1.29, 1.82) is 5.26 Å². The van der Waals surface area contributed by atoms with E-state index in [-0.39, 0.29) is 24.9 Å². The van der Waals surface area contributed by atoms with E-state index in [0.29, 0.717) is 23.6 Å². The summed E-state index contributed by atoms with van der Waals surface area (Å²) in [6.45, 7) is 0.598. The van der Waals surface area contributed by atoms with Gasteiger partial charge in [-0.3, -0.25) is 4.79 Å². The van der Waals surface area contributed by atoms with Crippen molar-refractivity contribution in [1.82, 2.24) is 4.90 Å². The van der Waals surface area contributed by atoms with Crippen molar-refractivity contribution in [3.05, 3.63) is 34.3 Å². The van der Waals surface area contributed by atoms with E-state index in [1.54, 1.807) is 18.2 Å². The lowest BCUT2D eigenvalue weighted by Gasteiger charge is -2.21. The molecule has 0 radical (unpaired) electrons. The van der Waals surface area contributed by atoms with Gasteiger partial charge in [0.25, 0.3) is 0 Å². The number of alkyl halides is 1. The molecule has 2 amide bonds. The third-order valence-corrected chi connectivity index (χ3v) is 3.44. The third kappa shape index (κ3) is 5.80. The van der Waals surface area contributed by atoms with Crippen molar-refractivity contribution >= 4 is 35.2 Å². The molecule has 0 bridgehead atoms. The Morgan fingerprint density at radius 3 is 2.64 bits per heavy atom. The van der Waals surface area contributed by atoms with Crippen LogP contribution >= 0.6 is 23.2 Å². The molecule has 0 aliphatic carbocycles. The zero-order valence-corrected chi connectivity index (χ0v) is 13.2. The predicted molar refractivity (Wildman–Crippen MR) is 82.7 cm³/mol. The highest BCUT2D eigenvalue weighted by atomic mass is 35.5. The molecular formula is C14H15Cl2N3O3. The van der Waals surface area contributed by atoms with Gasteiger partial charge in [0.15, 0.2) is 0 Å². The summed E-state index contributed by atoms with van der Waals surface area (Å²) in [4.78, 5) is 23.7. The summed E-state index contributed by atoms with van der Waals surface area (Å²) < 4.78 is 4.61. The molecule has 0 heterocycles. The number of hydrogen-bond acceptors (Lipinski definition) is 4. The van der Waals surface area contributed by atoms with E-state index in [1.165, 1.54) is 4.90 Å². The minimum absolute atomic E-state index is 0.00604. The summed E-state index contributed by atoms with van der Waals surface area (Å²) in [5.74, 6) is -0.431. The Morgan fingerprint density at radius 2 is 2.09 bits per heavy atom. The first-order valence-electron chi connectivity index (χ1n) is 6.42. The van der Waals surface area contributed by atoms with Gasteiger partial charge in [-0.25, -0.2) is 4.79 Å². The van der Waals surface area contributed by atoms with Crippen LogP contribution in [0.25, 0.3) is 0 Å². The van der Waals surface area contributed by atoms with Crippen LogP contribution in [-0.4, -0.2) is 42.5 Å². The second kappa shape index (κ2) is 9.13. The molecule has 8 heteroatoms. The van der Waals surface area contributed by atoms with Crippen molar-refractivity contribution < 1.29 is 14.3 Å². The third-order valence-electron chi connectivity index (χ3n) is 2.90. The van der Waals surface area contributed by atoms with E-state index in [0.717, 1.165) is 5.56 Å². The maximum atomic E-state index is 11.7. The lowest BCUT2D eigenvalue weighted by atomic mass is 10.1. The van der Waals surface area contributed by atoms with Gasteiger partial charge in [-0.2, -0.15) is 5.26 Å². The molecule has 1 aromatic rings. The van der Waals surface area contributed by atoms with Crippen LogP contribution in [0.15, 0.2) is 18.2 Å². The van der Waals surface area contributed by atoms with Gasteiger partial charge in [0, 0.05) is 6.54 Å². The Labute approximate surface area is 138 Å². The number of nitriles is 1. The summed E-state index contributed by atoms with van der Waals surface area (Å²) >= 11 is 11.5. The molecule has 6 nitrogen and oxygen atoms in total. The van der Waals surface area contributed by atoms with Gasteiger partial charge >= 0.3 is 6.09 Å². The van der Waals surface area contributed by atoms with Gasteiger partial charge in [0.2, 0.25) is 5.91 Å². The van der Waals surface area contributed by atoms with Crippen molar-refractivity contribution in [2.45, 2.75) is 6.42 Å². The summed E-state index contributed by atoms with van der Waals surface area (Å²) in [7, 11) is 0. The molecule has 0 fully saturated rings. The standard InChI is InChI=1S/C14H15Cl2N3O3/c15-8-13(20)19(5-6-22-14(18)21)4-3-10-1-2-11(9-17)12(16)7-10/h1-2,7H,3-6,8H2,(H2,18,21). The SMILES string of the molecule is N#Cc1ccc(CCN(CCOC(N)=O)C(=O)CCl)cc1Cl. The highest BCUT2D eigenvalue weighted by molar-refractivity contribution is 6.31. The average molecular weight is 344 g/mol. The van der Waals surface area contributed by atoms with E-state index in [4.69, 9.17) is 34.2 Å². The van der Waals surface area contributed by atoms with Crippen LogP contribution in [0.2, 0.25) is 5.02 Å². The molecule has 2 N–H and O–H groups in total. The number of nitrogens with zero attached hydrogens (tertiary/aromatic N) is 2. The highest BCUT2D eigenvalue weighted by Crippen LogP contribution is 2.17. The summed E-state index contributed by atoms with van der Waals surface area (Å²) in [5, 5.41) is 9.19. The van der Waals surface area contributed by atoms with E-state index >= 15 is 0 Å². The van der Waals surface area contributed by atoms with E-state index in [2.05, 4.69) is 4.74 Å². The molecule has 0 aliphatic rings. The molecule has 0 saturated heterocycles. The number of halogens is 2. The van der Waals surface area contributed by atoms with E-state index in [1.807, 2.05) is 6.07 Å². The van der Waals surface area contributed by atoms with Crippen molar-refractivity contribution in [2.24, 2.45) is 5.73 Å². The van der Waals surface area contributed by atoms with Crippen LogP contribution in [0.5, 0.6) is 0 Å². The second-order valence-electron chi connectivity index (χ2n) is 4.36. The number of amides is 2. The fourth-order valence-corrected chi connectivity index (χ4v) is 2.19. The van der Waals surface area contributed by atoms with Crippen LogP contribution in [0, 0.1) is 11.3 Å². The zero-order valence-electron chi connectivity index (χ0n) is 11.7. The Balaban J connectivity index is 2.62. The number of carbonyl (C=O) groups is 2. The number of primary amides is 1.